The Hall–Kier alpha value is -4.25. The average molecular weight is 573 g/mol. The topological polar surface area (TPSA) is 88.1 Å². The van der Waals surface area contributed by atoms with Crippen LogP contribution in [0.3, 0.4) is 0 Å². The van der Waals surface area contributed by atoms with Crippen LogP contribution in [0.1, 0.15) is 30.9 Å². The maximum Gasteiger partial charge on any atom is 0.330 e. The van der Waals surface area contributed by atoms with Crippen molar-refractivity contribution in [3.05, 3.63) is 65.6 Å². The molecule has 0 aliphatic carbocycles. The van der Waals surface area contributed by atoms with Gasteiger partial charge in [0.25, 0.3) is 0 Å². The van der Waals surface area contributed by atoms with Gasteiger partial charge in [-0.3, -0.25) is 14.6 Å². The quantitative estimate of drug-likeness (QED) is 0.469. The van der Waals surface area contributed by atoms with Gasteiger partial charge in [0.05, 0.1) is 18.3 Å². The second kappa shape index (κ2) is 11.6. The number of aromatic nitrogens is 2. The lowest BCUT2D eigenvalue weighted by Gasteiger charge is -2.39. The van der Waals surface area contributed by atoms with Crippen molar-refractivity contribution >= 4 is 40.8 Å². The van der Waals surface area contributed by atoms with Crippen LogP contribution in [0.4, 0.5) is 38.0 Å². The van der Waals surface area contributed by atoms with E-state index in [1.165, 1.54) is 16.7 Å². The van der Waals surface area contributed by atoms with Gasteiger partial charge in [0.15, 0.2) is 0 Å². The Morgan fingerprint density at radius 2 is 1.86 bits per heavy atom. The van der Waals surface area contributed by atoms with Crippen molar-refractivity contribution < 1.29 is 14.0 Å². The molecule has 3 aliphatic rings. The van der Waals surface area contributed by atoms with E-state index >= 15 is 0 Å². The molecular weight excluding hydrogens is 535 g/mol. The van der Waals surface area contributed by atoms with Crippen molar-refractivity contribution in [1.29, 1.82) is 0 Å². The fourth-order valence-electron chi connectivity index (χ4n) is 6.09. The number of piperazine rings is 1. The molecule has 2 saturated heterocycles. The zero-order chi connectivity index (χ0) is 29.4. The summed E-state index contributed by atoms with van der Waals surface area (Å²) in [7, 11) is 2.15. The number of nitrogens with zero attached hydrogens (tertiary/aromatic N) is 7. The molecule has 0 saturated carbocycles. The van der Waals surface area contributed by atoms with E-state index in [0.29, 0.717) is 43.3 Å². The number of aryl methyl sites for hydroxylation is 1. The van der Waals surface area contributed by atoms with Crippen molar-refractivity contribution in [3.63, 3.8) is 0 Å². The van der Waals surface area contributed by atoms with E-state index in [2.05, 4.69) is 46.2 Å². The van der Waals surface area contributed by atoms with Gasteiger partial charge in [0, 0.05) is 68.8 Å². The highest BCUT2D eigenvalue weighted by Crippen LogP contribution is 2.36. The smallest absolute Gasteiger partial charge is 0.330 e. The van der Waals surface area contributed by atoms with Crippen LogP contribution in [-0.2, 0) is 11.3 Å². The standard InChI is InChI=1S/C31H37FN8O2/c1-4-28(41)38-12-11-24(20-38)40-29-22(19-39(31(40)42)27-8-6-5-7-25(27)32)18-33-30(35-29)34-23-9-10-26(21(2)17-23)37-15-13-36(3)14-16-37/h5-10,17-18,24H,4,11-16,19-20H2,1-3H3,(H,33,34,35)/t24-/m0/s1. The lowest BCUT2D eigenvalue weighted by Crippen LogP contribution is -2.53. The zero-order valence-electron chi connectivity index (χ0n) is 24.4. The SMILES string of the molecule is CCC(=O)N1CC[C@H](N2C(=O)N(c3ccccc3F)Cc3cnc(Nc4ccc(N5CCN(C)CC5)c(C)c4)nc32)C1. The van der Waals surface area contributed by atoms with Gasteiger partial charge in [0.2, 0.25) is 11.9 Å². The number of rotatable bonds is 6. The van der Waals surface area contributed by atoms with Crippen LogP contribution in [0, 0.1) is 12.7 Å². The summed E-state index contributed by atoms with van der Waals surface area (Å²) in [5.41, 5.74) is 4.15. The molecular formula is C31H37FN8O2. The molecule has 2 fully saturated rings. The van der Waals surface area contributed by atoms with Crippen LogP contribution in [0.5, 0.6) is 0 Å². The third kappa shape index (κ3) is 5.36. The summed E-state index contributed by atoms with van der Waals surface area (Å²) in [5, 5.41) is 3.32. The number of likely N-dealkylation sites (tertiary alicyclic amines) is 1. The van der Waals surface area contributed by atoms with Gasteiger partial charge in [-0.15, -0.1) is 0 Å². The number of benzene rings is 2. The van der Waals surface area contributed by atoms with E-state index in [9.17, 15) is 14.0 Å². The Morgan fingerprint density at radius 1 is 1.07 bits per heavy atom. The van der Waals surface area contributed by atoms with Gasteiger partial charge in [-0.1, -0.05) is 19.1 Å². The number of nitrogens with one attached hydrogen (secondary N) is 1. The average Bonchev–Trinajstić information content (AvgIpc) is 3.47. The Kier molecular flexibility index (Phi) is 7.68. The van der Waals surface area contributed by atoms with E-state index in [4.69, 9.17) is 4.98 Å². The minimum absolute atomic E-state index is 0.0496. The molecule has 3 aliphatic heterocycles. The molecule has 3 amide bonds. The van der Waals surface area contributed by atoms with Gasteiger partial charge >= 0.3 is 6.03 Å². The minimum atomic E-state index is -0.474. The molecule has 3 aromatic rings. The summed E-state index contributed by atoms with van der Waals surface area (Å²) in [6.07, 6.45) is 2.72. The molecule has 2 aromatic carbocycles. The van der Waals surface area contributed by atoms with Gasteiger partial charge in [0.1, 0.15) is 11.6 Å². The monoisotopic (exact) mass is 572 g/mol. The molecule has 1 atom stereocenters. The molecule has 1 N–H and O–H groups in total. The Labute approximate surface area is 245 Å². The molecule has 1 aromatic heterocycles. The number of amides is 3. The number of para-hydroxylation sites is 1. The highest BCUT2D eigenvalue weighted by Gasteiger charge is 2.41. The van der Waals surface area contributed by atoms with Crippen LogP contribution in [0.15, 0.2) is 48.7 Å². The van der Waals surface area contributed by atoms with Gasteiger partial charge in [-0.25, -0.2) is 14.2 Å². The first-order valence-electron chi connectivity index (χ1n) is 14.6. The third-order valence-corrected chi connectivity index (χ3v) is 8.46. The molecule has 4 heterocycles. The molecule has 0 spiro atoms. The molecule has 0 unspecified atom stereocenters. The number of fused-ring (bicyclic) bond motifs is 1. The summed E-state index contributed by atoms with van der Waals surface area (Å²) >= 11 is 0. The van der Waals surface area contributed by atoms with Gasteiger partial charge in [-0.2, -0.15) is 4.98 Å². The third-order valence-electron chi connectivity index (χ3n) is 8.46. The zero-order valence-corrected chi connectivity index (χ0v) is 24.4. The second-order valence-electron chi connectivity index (χ2n) is 11.3. The number of halogens is 1. The van der Waals surface area contributed by atoms with Crippen molar-refractivity contribution in [2.75, 3.05) is 66.3 Å². The highest BCUT2D eigenvalue weighted by atomic mass is 19.1. The van der Waals surface area contributed by atoms with E-state index in [0.717, 1.165) is 37.4 Å². The molecule has 0 radical (unpaired) electrons. The summed E-state index contributed by atoms with van der Waals surface area (Å²) in [4.78, 5) is 45.4. The Balaban J connectivity index is 1.29. The number of carbonyl (C=O) groups excluding carboxylic acids is 2. The number of urea groups is 1. The summed E-state index contributed by atoms with van der Waals surface area (Å²) < 4.78 is 14.8. The number of hydrogen-bond acceptors (Lipinski definition) is 7. The number of likely N-dealkylation sites (N-methyl/N-ethyl adjacent to an activating group) is 1. The lowest BCUT2D eigenvalue weighted by molar-refractivity contribution is -0.129. The highest BCUT2D eigenvalue weighted by molar-refractivity contribution is 6.06. The summed E-state index contributed by atoms with van der Waals surface area (Å²) in [6, 6.07) is 11.9. The fourth-order valence-corrected chi connectivity index (χ4v) is 6.09. The van der Waals surface area contributed by atoms with Gasteiger partial charge in [-0.05, 0) is 56.3 Å². The molecule has 0 bridgehead atoms. The van der Waals surface area contributed by atoms with Crippen LogP contribution in [-0.4, -0.2) is 84.1 Å². The molecule has 6 rings (SSSR count). The molecule has 220 valence electrons. The summed E-state index contributed by atoms with van der Waals surface area (Å²) in [5.74, 6) is 0.440. The normalized spacial score (nSPS) is 19.3. The molecule has 42 heavy (non-hydrogen) atoms. The van der Waals surface area contributed by atoms with Crippen LogP contribution in [0.2, 0.25) is 0 Å². The minimum Gasteiger partial charge on any atom is -0.369 e. The maximum atomic E-state index is 14.8. The predicted octanol–water partition coefficient (Wildman–Crippen LogP) is 4.38. The van der Waals surface area contributed by atoms with E-state index in [-0.39, 0.29) is 30.2 Å². The largest absolute Gasteiger partial charge is 0.369 e. The first kappa shape index (κ1) is 27.9. The summed E-state index contributed by atoms with van der Waals surface area (Å²) in [6.45, 7) is 9.12. The molecule has 11 heteroatoms. The maximum absolute atomic E-state index is 14.8. The predicted molar refractivity (Wildman–Crippen MR) is 162 cm³/mol. The van der Waals surface area contributed by atoms with Crippen LogP contribution in [0.25, 0.3) is 0 Å². The Morgan fingerprint density at radius 3 is 2.60 bits per heavy atom. The number of carbonyl (C=O) groups is 2. The second-order valence-corrected chi connectivity index (χ2v) is 11.3. The number of anilines is 5. The first-order valence-corrected chi connectivity index (χ1v) is 14.6. The van der Waals surface area contributed by atoms with E-state index < -0.39 is 5.82 Å². The first-order chi connectivity index (χ1) is 20.3. The van der Waals surface area contributed by atoms with Crippen molar-refractivity contribution in [2.24, 2.45) is 0 Å². The van der Waals surface area contributed by atoms with E-state index in [1.54, 1.807) is 34.2 Å². The van der Waals surface area contributed by atoms with Crippen LogP contribution >= 0.6 is 0 Å². The van der Waals surface area contributed by atoms with E-state index in [1.807, 2.05) is 13.0 Å². The van der Waals surface area contributed by atoms with Crippen molar-refractivity contribution in [1.82, 2.24) is 19.8 Å². The van der Waals surface area contributed by atoms with Crippen molar-refractivity contribution in [3.8, 4) is 0 Å². The Bertz CT molecular complexity index is 1490. The van der Waals surface area contributed by atoms with Crippen molar-refractivity contribution in [2.45, 2.75) is 39.3 Å². The molecule has 10 nitrogen and oxygen atoms in total. The van der Waals surface area contributed by atoms with Crippen LogP contribution < -0.4 is 20.0 Å². The lowest BCUT2D eigenvalue weighted by atomic mass is 10.1. The van der Waals surface area contributed by atoms with Gasteiger partial charge < -0.3 is 20.0 Å². The number of hydrogen-bond donors (Lipinski definition) is 1. The fraction of sp³-hybridized carbons (Fsp3) is 0.419.